The van der Waals surface area contributed by atoms with Crippen molar-refractivity contribution in [2.75, 3.05) is 5.32 Å². The molecule has 4 nitrogen and oxygen atoms in total. The smallest absolute Gasteiger partial charge is 0.316 e. The molecule has 1 heterocycles. The van der Waals surface area contributed by atoms with Crippen molar-refractivity contribution in [3.05, 3.63) is 24.0 Å². The fourth-order valence-electron chi connectivity index (χ4n) is 0.672. The lowest BCUT2D eigenvalue weighted by Gasteiger charge is -2.02. The third kappa shape index (κ3) is 1.93. The number of hydrogen-bond donors (Lipinski definition) is 2. The van der Waals surface area contributed by atoms with Gasteiger partial charge in [-0.1, -0.05) is 0 Å². The molecule has 0 fully saturated rings. The summed E-state index contributed by atoms with van der Waals surface area (Å²) in [5.74, 6) is 0. The van der Waals surface area contributed by atoms with Crippen molar-refractivity contribution in [1.29, 1.82) is 0 Å². The molecule has 0 atom stereocenters. The number of nitrogens with two attached hydrogens (primary N) is 1. The van der Waals surface area contributed by atoms with Gasteiger partial charge in [-0.2, -0.15) is 0 Å². The van der Waals surface area contributed by atoms with Gasteiger partial charge in [0, 0.05) is 6.20 Å². The van der Waals surface area contributed by atoms with Crippen LogP contribution in [-0.4, -0.2) is 11.0 Å². The average Bonchev–Trinajstić information content (AvgIpc) is 1.93. The number of amides is 2. The number of pyridine rings is 1. The van der Waals surface area contributed by atoms with E-state index < -0.39 is 6.03 Å². The van der Waals surface area contributed by atoms with Crippen LogP contribution in [0.5, 0.6) is 0 Å². The third-order valence-electron chi connectivity index (χ3n) is 1.22. The van der Waals surface area contributed by atoms with E-state index in [0.717, 1.165) is 5.56 Å². The molecule has 1 aromatic heterocycles. The second-order valence-electron chi connectivity index (χ2n) is 2.10. The Balaban J connectivity index is 2.86. The molecule has 0 saturated carbocycles. The number of carbonyl (C=O) groups excluding carboxylic acids is 1. The lowest BCUT2D eigenvalue weighted by atomic mass is 10.2. The maximum atomic E-state index is 10.4. The average molecular weight is 150 g/mol. The highest BCUT2D eigenvalue weighted by atomic mass is 16.2. The Labute approximate surface area is 64.4 Å². The first-order valence-corrected chi connectivity index (χ1v) is 3.10. The molecule has 2 amide bonds. The van der Waals surface area contributed by atoms with Gasteiger partial charge in [0.25, 0.3) is 0 Å². The summed E-state index contributed by atoms with van der Waals surface area (Å²) in [6, 6.07) is 1.17. The Bertz CT molecular complexity index is 272. The van der Waals surface area contributed by atoms with Crippen molar-refractivity contribution in [2.24, 2.45) is 5.73 Å². The zero-order valence-electron chi connectivity index (χ0n) is 6.09. The van der Waals surface area contributed by atoms with Crippen LogP contribution in [0.3, 0.4) is 0 Å². The van der Waals surface area contributed by atoms with Crippen LogP contribution in [0.25, 0.3) is 0 Å². The summed E-state index contributed by atoms with van der Waals surface area (Å²) in [6.45, 7) is 1.84. The predicted octanol–water partition coefficient (Wildman–Crippen LogP) is 0.681. The number of aromatic nitrogens is 1. The van der Waals surface area contributed by atoms with E-state index in [9.17, 15) is 4.79 Å². The van der Waals surface area contributed by atoms with Crippen LogP contribution in [0.2, 0.25) is 0 Å². The molecule has 1 rings (SSSR count). The normalized spacial score (nSPS) is 9.18. The van der Waals surface area contributed by atoms with Crippen LogP contribution in [0.15, 0.2) is 12.3 Å². The Kier molecular flexibility index (Phi) is 2.06. The molecule has 57 valence electrons. The summed E-state index contributed by atoms with van der Waals surface area (Å²) in [7, 11) is 0. The highest BCUT2D eigenvalue weighted by molar-refractivity contribution is 5.88. The van der Waals surface area contributed by atoms with E-state index in [0.29, 0.717) is 5.69 Å². The Morgan fingerprint density at radius 2 is 2.55 bits per heavy atom. The molecule has 0 aliphatic rings. The molecule has 0 aliphatic heterocycles. The van der Waals surface area contributed by atoms with Crippen LogP contribution in [0, 0.1) is 13.1 Å². The fraction of sp³-hybridized carbons (Fsp3) is 0.143. The van der Waals surface area contributed by atoms with Crippen molar-refractivity contribution in [1.82, 2.24) is 4.98 Å². The summed E-state index contributed by atoms with van der Waals surface area (Å²) in [4.78, 5) is 14.1. The number of carbonyl (C=O) groups is 1. The molecule has 11 heavy (non-hydrogen) atoms. The number of urea groups is 1. The lowest BCUT2D eigenvalue weighted by Crippen LogP contribution is -2.19. The summed E-state index contributed by atoms with van der Waals surface area (Å²) in [5.41, 5.74) is 6.31. The summed E-state index contributed by atoms with van der Waals surface area (Å²) >= 11 is 0. The molecular weight excluding hydrogens is 142 g/mol. The first-order chi connectivity index (χ1) is 5.20. The van der Waals surface area contributed by atoms with Crippen LogP contribution in [0.1, 0.15) is 5.56 Å². The van der Waals surface area contributed by atoms with E-state index in [4.69, 9.17) is 5.73 Å². The molecule has 1 radical (unpaired) electrons. The van der Waals surface area contributed by atoms with Gasteiger partial charge in [-0.3, -0.25) is 4.98 Å². The second kappa shape index (κ2) is 3.01. The topological polar surface area (TPSA) is 68.0 Å². The minimum atomic E-state index is -0.600. The van der Waals surface area contributed by atoms with E-state index >= 15 is 0 Å². The largest absolute Gasteiger partial charge is 0.351 e. The number of primary amides is 1. The molecule has 0 spiro atoms. The first-order valence-electron chi connectivity index (χ1n) is 3.10. The highest BCUT2D eigenvalue weighted by Gasteiger charge is 1.98. The van der Waals surface area contributed by atoms with Crippen molar-refractivity contribution in [3.63, 3.8) is 0 Å². The molecule has 3 N–H and O–H groups in total. The minimum absolute atomic E-state index is 0.528. The Morgan fingerprint density at radius 1 is 1.82 bits per heavy atom. The number of anilines is 1. The van der Waals surface area contributed by atoms with Gasteiger partial charge in [0.15, 0.2) is 0 Å². The molecule has 0 unspecified atom stereocenters. The van der Waals surface area contributed by atoms with E-state index in [2.05, 4.69) is 16.5 Å². The number of aryl methyl sites for hydroxylation is 1. The third-order valence-corrected chi connectivity index (χ3v) is 1.22. The van der Waals surface area contributed by atoms with Crippen molar-refractivity contribution in [2.45, 2.75) is 6.92 Å². The van der Waals surface area contributed by atoms with E-state index in [1.807, 2.05) is 6.92 Å². The monoisotopic (exact) mass is 150 g/mol. The molecule has 0 bridgehead atoms. The summed E-state index contributed by atoms with van der Waals surface area (Å²) in [6.07, 6.45) is 4.20. The zero-order valence-corrected chi connectivity index (χ0v) is 6.09. The maximum Gasteiger partial charge on any atom is 0.316 e. The molecule has 1 aromatic rings. The fourth-order valence-corrected chi connectivity index (χ4v) is 0.672. The maximum absolute atomic E-state index is 10.4. The molecule has 4 heteroatoms. The van der Waals surface area contributed by atoms with Crippen molar-refractivity contribution < 1.29 is 4.79 Å². The van der Waals surface area contributed by atoms with E-state index in [-0.39, 0.29) is 0 Å². The highest BCUT2D eigenvalue weighted by Crippen LogP contribution is 2.09. The van der Waals surface area contributed by atoms with Crippen molar-refractivity contribution in [3.8, 4) is 0 Å². The van der Waals surface area contributed by atoms with Gasteiger partial charge in [0.2, 0.25) is 0 Å². The molecule has 0 aromatic carbocycles. The van der Waals surface area contributed by atoms with Crippen LogP contribution in [0.4, 0.5) is 10.5 Å². The van der Waals surface area contributed by atoms with Gasteiger partial charge < -0.3 is 11.1 Å². The van der Waals surface area contributed by atoms with Crippen LogP contribution in [-0.2, 0) is 0 Å². The van der Waals surface area contributed by atoms with Crippen LogP contribution < -0.4 is 11.1 Å². The Morgan fingerprint density at radius 3 is 3.09 bits per heavy atom. The predicted molar refractivity (Wildman–Crippen MR) is 41.0 cm³/mol. The minimum Gasteiger partial charge on any atom is -0.351 e. The number of hydrogen-bond acceptors (Lipinski definition) is 2. The summed E-state index contributed by atoms with van der Waals surface area (Å²) in [5, 5.41) is 2.39. The van der Waals surface area contributed by atoms with Gasteiger partial charge in [-0.15, -0.1) is 0 Å². The SMILES string of the molecule is Cc1ccn[c]c1NC(N)=O. The van der Waals surface area contributed by atoms with Gasteiger partial charge in [-0.25, -0.2) is 4.79 Å². The number of rotatable bonds is 1. The van der Waals surface area contributed by atoms with Gasteiger partial charge in [0.1, 0.15) is 6.20 Å². The van der Waals surface area contributed by atoms with Crippen molar-refractivity contribution >= 4 is 11.7 Å². The summed E-state index contributed by atoms with van der Waals surface area (Å²) < 4.78 is 0. The first kappa shape index (κ1) is 7.53. The zero-order chi connectivity index (χ0) is 8.27. The van der Waals surface area contributed by atoms with E-state index in [1.165, 1.54) is 0 Å². The Hall–Kier alpha value is -1.58. The molecule has 0 saturated heterocycles. The van der Waals surface area contributed by atoms with Gasteiger partial charge in [-0.05, 0) is 18.6 Å². The number of nitrogens with one attached hydrogen (secondary N) is 1. The lowest BCUT2D eigenvalue weighted by molar-refractivity contribution is 0.259. The van der Waals surface area contributed by atoms with E-state index in [1.54, 1.807) is 12.3 Å². The number of nitrogens with zero attached hydrogens (tertiary/aromatic N) is 1. The quantitative estimate of drug-likeness (QED) is 0.618. The molecule has 0 aliphatic carbocycles. The van der Waals surface area contributed by atoms with Crippen LogP contribution >= 0.6 is 0 Å². The molecular formula is C7H8N3O. The standard InChI is InChI=1S/C7H8N3O/c1-5-2-3-9-4-6(5)10-7(8)11/h2-3H,1H3,(H3,8,10,11). The second-order valence-corrected chi connectivity index (χ2v) is 2.10. The van der Waals surface area contributed by atoms with Gasteiger partial charge in [0.05, 0.1) is 5.69 Å². The van der Waals surface area contributed by atoms with Gasteiger partial charge >= 0.3 is 6.03 Å².